The standard InChI is InChI=1S/C16H14Cl2NO3P/c1-21-15-8-6-14(7-9-15)19-11-10-16(22-23(19,18)20)12-2-4-13(17)5-3-12/h2-10H,11H2,1H3. The molecule has 0 amide bonds. The number of halogens is 2. The highest BCUT2D eigenvalue weighted by atomic mass is 35.7. The first-order valence-corrected chi connectivity index (χ1v) is 9.73. The molecule has 120 valence electrons. The van der Waals surface area contributed by atoms with Gasteiger partial charge in [0, 0.05) is 27.5 Å². The molecule has 2 aromatic rings. The molecule has 3 rings (SSSR count). The summed E-state index contributed by atoms with van der Waals surface area (Å²) in [5.74, 6) is 1.21. The SMILES string of the molecule is COc1ccc(N2CC=C(c3ccc(Cl)cc3)OP2(=O)Cl)cc1. The van der Waals surface area contributed by atoms with Crippen molar-refractivity contribution in [1.29, 1.82) is 0 Å². The third-order valence-electron chi connectivity index (χ3n) is 3.45. The molecule has 0 spiro atoms. The molecular weight excluding hydrogens is 356 g/mol. The smallest absolute Gasteiger partial charge is 0.438 e. The number of methoxy groups -OCH3 is 1. The minimum Gasteiger partial charge on any atom is -0.497 e. The van der Waals surface area contributed by atoms with Gasteiger partial charge in [0.1, 0.15) is 11.5 Å². The Bertz CT molecular complexity index is 775. The molecule has 0 bridgehead atoms. The third kappa shape index (κ3) is 3.50. The molecule has 0 N–H and O–H groups in total. The Labute approximate surface area is 144 Å². The number of nitrogens with zero attached hydrogens (tertiary/aromatic N) is 1. The molecule has 7 heteroatoms. The molecule has 1 aliphatic rings. The summed E-state index contributed by atoms with van der Waals surface area (Å²) in [5.41, 5.74) is 1.49. The number of hydrogen-bond acceptors (Lipinski definition) is 3. The molecule has 0 saturated heterocycles. The minimum absolute atomic E-state index is 0.380. The zero-order valence-corrected chi connectivity index (χ0v) is 14.7. The molecule has 0 aliphatic carbocycles. The van der Waals surface area contributed by atoms with Crippen molar-refractivity contribution >= 4 is 41.2 Å². The average Bonchev–Trinajstić information content (AvgIpc) is 2.55. The van der Waals surface area contributed by atoms with Gasteiger partial charge in [0.2, 0.25) is 0 Å². The predicted octanol–water partition coefficient (Wildman–Crippen LogP) is 5.57. The Morgan fingerprint density at radius 1 is 1.13 bits per heavy atom. The number of anilines is 1. The van der Waals surface area contributed by atoms with Crippen LogP contribution in [0.4, 0.5) is 5.69 Å². The van der Waals surface area contributed by atoms with E-state index in [1.165, 1.54) is 4.67 Å². The summed E-state index contributed by atoms with van der Waals surface area (Å²) in [6.45, 7) is -3.13. The minimum atomic E-state index is -3.51. The number of rotatable bonds is 3. The first-order chi connectivity index (χ1) is 11.0. The van der Waals surface area contributed by atoms with Crippen LogP contribution in [0.3, 0.4) is 0 Å². The van der Waals surface area contributed by atoms with Crippen LogP contribution in [0, 0.1) is 0 Å². The Balaban J connectivity index is 1.88. The van der Waals surface area contributed by atoms with Crippen molar-refractivity contribution < 1.29 is 13.8 Å². The number of ether oxygens (including phenoxy) is 1. The predicted molar refractivity (Wildman–Crippen MR) is 94.3 cm³/mol. The van der Waals surface area contributed by atoms with Crippen LogP contribution in [0.25, 0.3) is 5.76 Å². The Morgan fingerprint density at radius 2 is 1.78 bits per heavy atom. The van der Waals surface area contributed by atoms with Crippen LogP contribution in [-0.2, 0) is 9.09 Å². The van der Waals surface area contributed by atoms with Gasteiger partial charge in [-0.2, -0.15) is 0 Å². The fourth-order valence-corrected chi connectivity index (χ4v) is 4.26. The zero-order chi connectivity index (χ0) is 16.4. The molecular formula is C16H14Cl2NO3P. The zero-order valence-electron chi connectivity index (χ0n) is 12.3. The van der Waals surface area contributed by atoms with E-state index >= 15 is 0 Å². The lowest BCUT2D eigenvalue weighted by molar-refractivity contribution is 0.415. The molecule has 0 aromatic heterocycles. The molecule has 0 saturated carbocycles. The van der Waals surface area contributed by atoms with Crippen LogP contribution >= 0.6 is 29.7 Å². The van der Waals surface area contributed by atoms with Gasteiger partial charge >= 0.3 is 6.87 Å². The summed E-state index contributed by atoms with van der Waals surface area (Å²) < 4.78 is 25.0. The van der Waals surface area contributed by atoms with E-state index in [9.17, 15) is 4.57 Å². The van der Waals surface area contributed by atoms with Crippen LogP contribution in [0.15, 0.2) is 54.6 Å². The Hall–Kier alpha value is -1.61. The van der Waals surface area contributed by atoms with Crippen LogP contribution in [0.2, 0.25) is 5.02 Å². The van der Waals surface area contributed by atoms with Crippen molar-refractivity contribution in [2.75, 3.05) is 18.3 Å². The molecule has 2 aromatic carbocycles. The normalized spacial score (nSPS) is 20.7. The third-order valence-corrected chi connectivity index (χ3v) is 5.85. The van der Waals surface area contributed by atoms with Crippen molar-refractivity contribution in [3.05, 3.63) is 65.2 Å². The monoisotopic (exact) mass is 369 g/mol. The molecule has 1 atom stereocenters. The number of hydrogen-bond donors (Lipinski definition) is 0. The largest absolute Gasteiger partial charge is 0.497 e. The van der Waals surface area contributed by atoms with Gasteiger partial charge in [-0.1, -0.05) is 11.6 Å². The van der Waals surface area contributed by atoms with E-state index in [1.54, 1.807) is 55.6 Å². The van der Waals surface area contributed by atoms with Crippen LogP contribution in [0.1, 0.15) is 5.56 Å². The fraction of sp³-hybridized carbons (Fsp3) is 0.125. The first-order valence-electron chi connectivity index (χ1n) is 6.87. The average molecular weight is 370 g/mol. The highest BCUT2D eigenvalue weighted by molar-refractivity contribution is 7.86. The maximum absolute atomic E-state index is 12.7. The maximum Gasteiger partial charge on any atom is 0.438 e. The van der Waals surface area contributed by atoms with E-state index in [4.69, 9.17) is 32.1 Å². The summed E-state index contributed by atoms with van der Waals surface area (Å²) in [4.78, 5) is 0. The molecule has 4 nitrogen and oxygen atoms in total. The summed E-state index contributed by atoms with van der Waals surface area (Å²) in [6, 6.07) is 14.2. The molecule has 0 fully saturated rings. The van der Waals surface area contributed by atoms with Crippen molar-refractivity contribution in [3.63, 3.8) is 0 Å². The van der Waals surface area contributed by atoms with Crippen LogP contribution in [-0.4, -0.2) is 13.7 Å². The van der Waals surface area contributed by atoms with Gasteiger partial charge in [-0.15, -0.1) is 0 Å². The van der Waals surface area contributed by atoms with Gasteiger partial charge in [-0.3, -0.25) is 4.67 Å². The maximum atomic E-state index is 12.7. The molecule has 23 heavy (non-hydrogen) atoms. The quantitative estimate of drug-likeness (QED) is 0.662. The molecule has 1 heterocycles. The second-order valence-electron chi connectivity index (χ2n) is 4.90. The summed E-state index contributed by atoms with van der Waals surface area (Å²) in [5, 5.41) is 0.624. The van der Waals surface area contributed by atoms with Gasteiger partial charge in [-0.25, -0.2) is 4.57 Å². The van der Waals surface area contributed by atoms with E-state index in [0.29, 0.717) is 28.8 Å². The Kier molecular flexibility index (Phi) is 4.58. The van der Waals surface area contributed by atoms with Gasteiger partial charge in [0.15, 0.2) is 0 Å². The second kappa shape index (κ2) is 6.48. The van der Waals surface area contributed by atoms with Gasteiger partial charge < -0.3 is 9.26 Å². The van der Waals surface area contributed by atoms with Crippen molar-refractivity contribution in [2.24, 2.45) is 0 Å². The van der Waals surface area contributed by atoms with Crippen molar-refractivity contribution in [3.8, 4) is 5.75 Å². The summed E-state index contributed by atoms with van der Waals surface area (Å²) >= 11 is 12.1. The topological polar surface area (TPSA) is 38.8 Å². The van der Waals surface area contributed by atoms with Crippen LogP contribution in [0.5, 0.6) is 5.75 Å². The van der Waals surface area contributed by atoms with Crippen LogP contribution < -0.4 is 9.41 Å². The fourth-order valence-electron chi connectivity index (χ4n) is 2.26. The van der Waals surface area contributed by atoms with Crippen molar-refractivity contribution in [2.45, 2.75) is 0 Å². The van der Waals surface area contributed by atoms with E-state index in [1.807, 2.05) is 6.08 Å². The van der Waals surface area contributed by atoms with E-state index in [0.717, 1.165) is 5.56 Å². The van der Waals surface area contributed by atoms with Gasteiger partial charge in [0.05, 0.1) is 13.7 Å². The summed E-state index contributed by atoms with van der Waals surface area (Å²) in [6.07, 6.45) is 1.84. The number of benzene rings is 2. The summed E-state index contributed by atoms with van der Waals surface area (Å²) in [7, 11) is 1.59. The Morgan fingerprint density at radius 3 is 2.35 bits per heavy atom. The molecule has 1 unspecified atom stereocenters. The molecule has 0 radical (unpaired) electrons. The lowest BCUT2D eigenvalue weighted by atomic mass is 10.2. The lowest BCUT2D eigenvalue weighted by Crippen LogP contribution is -2.22. The molecule has 1 aliphatic heterocycles. The lowest BCUT2D eigenvalue weighted by Gasteiger charge is -2.32. The second-order valence-corrected chi connectivity index (χ2v) is 8.18. The van der Waals surface area contributed by atoms with E-state index in [2.05, 4.69) is 0 Å². The van der Waals surface area contributed by atoms with Gasteiger partial charge in [-0.05, 0) is 54.6 Å². The highest BCUT2D eigenvalue weighted by Crippen LogP contribution is 2.62. The van der Waals surface area contributed by atoms with E-state index in [-0.39, 0.29) is 0 Å². The van der Waals surface area contributed by atoms with Crippen molar-refractivity contribution in [1.82, 2.24) is 0 Å². The van der Waals surface area contributed by atoms with Gasteiger partial charge in [0.25, 0.3) is 0 Å². The highest BCUT2D eigenvalue weighted by Gasteiger charge is 2.35. The van der Waals surface area contributed by atoms with E-state index < -0.39 is 6.87 Å². The first kappa shape index (κ1) is 16.3.